The Labute approximate surface area is 144 Å². The highest BCUT2D eigenvalue weighted by atomic mass is 16.5. The summed E-state index contributed by atoms with van der Waals surface area (Å²) in [4.78, 5) is 0. The fourth-order valence-electron chi connectivity index (χ4n) is 2.55. The molecule has 0 unspecified atom stereocenters. The van der Waals surface area contributed by atoms with E-state index in [1.54, 1.807) is 0 Å². The molecule has 2 heteroatoms. The van der Waals surface area contributed by atoms with E-state index in [0.717, 1.165) is 25.3 Å². The van der Waals surface area contributed by atoms with Gasteiger partial charge in [0, 0.05) is 6.54 Å². The molecule has 0 saturated carbocycles. The molecule has 0 fully saturated rings. The van der Waals surface area contributed by atoms with Crippen LogP contribution < -0.4 is 10.1 Å². The Bertz CT molecular complexity index is 708. The maximum absolute atomic E-state index is 5.81. The van der Waals surface area contributed by atoms with Gasteiger partial charge in [0.15, 0.2) is 0 Å². The summed E-state index contributed by atoms with van der Waals surface area (Å²) in [5, 5.41) is 3.48. The Balaban J connectivity index is 1.40. The topological polar surface area (TPSA) is 21.3 Å². The first kappa shape index (κ1) is 16.3. The quantitative estimate of drug-likeness (QED) is 0.613. The minimum absolute atomic E-state index is 0.610. The molecule has 3 aromatic carbocycles. The van der Waals surface area contributed by atoms with E-state index in [2.05, 4.69) is 66.0 Å². The number of hydrogen-bond donors (Lipinski definition) is 1. The molecule has 0 amide bonds. The zero-order valence-electron chi connectivity index (χ0n) is 13.8. The van der Waals surface area contributed by atoms with Gasteiger partial charge in [-0.3, -0.25) is 0 Å². The number of nitrogens with one attached hydrogen (secondary N) is 1. The first-order valence-electron chi connectivity index (χ1n) is 8.40. The first-order valence-corrected chi connectivity index (χ1v) is 8.40. The molecule has 1 N–H and O–H groups in total. The van der Waals surface area contributed by atoms with Crippen molar-refractivity contribution in [3.8, 4) is 5.75 Å². The largest absolute Gasteiger partial charge is 0.489 e. The van der Waals surface area contributed by atoms with Crippen molar-refractivity contribution in [1.82, 2.24) is 5.32 Å². The van der Waals surface area contributed by atoms with E-state index in [0.29, 0.717) is 6.61 Å². The Morgan fingerprint density at radius 2 is 1.25 bits per heavy atom. The van der Waals surface area contributed by atoms with Gasteiger partial charge in [0.05, 0.1) is 0 Å². The van der Waals surface area contributed by atoms with Crippen molar-refractivity contribution in [2.24, 2.45) is 0 Å². The number of ether oxygens (including phenoxy) is 1. The molecule has 0 radical (unpaired) electrons. The molecule has 3 aromatic rings. The predicted octanol–water partition coefficient (Wildman–Crippen LogP) is 4.60. The van der Waals surface area contributed by atoms with Gasteiger partial charge in [-0.2, -0.15) is 0 Å². The number of rotatable bonds is 8. The number of hydrogen-bond acceptors (Lipinski definition) is 2. The average molecular weight is 317 g/mol. The molecule has 0 aromatic heterocycles. The van der Waals surface area contributed by atoms with Gasteiger partial charge in [-0.1, -0.05) is 72.8 Å². The van der Waals surface area contributed by atoms with Crippen LogP contribution in [0.4, 0.5) is 0 Å². The maximum Gasteiger partial charge on any atom is 0.119 e. The normalized spacial score (nSPS) is 10.5. The molecule has 2 nitrogen and oxygen atoms in total. The van der Waals surface area contributed by atoms with Crippen LogP contribution in [0.25, 0.3) is 0 Å². The summed E-state index contributed by atoms with van der Waals surface area (Å²) in [6, 6.07) is 29.1. The molecule has 3 rings (SSSR count). The van der Waals surface area contributed by atoms with Crippen molar-refractivity contribution in [1.29, 1.82) is 0 Å². The van der Waals surface area contributed by atoms with Gasteiger partial charge in [0.1, 0.15) is 12.4 Å². The van der Waals surface area contributed by atoms with Crippen LogP contribution in [0.3, 0.4) is 0 Å². The van der Waals surface area contributed by atoms with Crippen molar-refractivity contribution in [3.63, 3.8) is 0 Å². The predicted molar refractivity (Wildman–Crippen MR) is 99.1 cm³/mol. The molecule has 0 heterocycles. The average Bonchev–Trinajstić information content (AvgIpc) is 2.66. The van der Waals surface area contributed by atoms with E-state index in [-0.39, 0.29) is 0 Å². The van der Waals surface area contributed by atoms with E-state index in [1.807, 2.05) is 24.3 Å². The van der Waals surface area contributed by atoms with Crippen LogP contribution in [0.5, 0.6) is 5.75 Å². The monoisotopic (exact) mass is 317 g/mol. The van der Waals surface area contributed by atoms with Gasteiger partial charge in [-0.25, -0.2) is 0 Å². The van der Waals surface area contributed by atoms with Gasteiger partial charge < -0.3 is 10.1 Å². The molecule has 0 bridgehead atoms. The van der Waals surface area contributed by atoms with Gasteiger partial charge in [0.2, 0.25) is 0 Å². The molecular formula is C22H23NO. The van der Waals surface area contributed by atoms with Crippen molar-refractivity contribution in [2.75, 3.05) is 6.54 Å². The van der Waals surface area contributed by atoms with Gasteiger partial charge >= 0.3 is 0 Å². The second-order valence-corrected chi connectivity index (χ2v) is 5.83. The molecule has 0 spiro atoms. The van der Waals surface area contributed by atoms with Gasteiger partial charge in [-0.15, -0.1) is 0 Å². The standard InChI is InChI=1S/C22H23NO/c1-3-7-20(8-4-1)17-23-16-15-19-11-13-22(14-12-19)24-18-21-9-5-2-6-10-21/h1-14,23H,15-18H2. The number of benzene rings is 3. The van der Waals surface area contributed by atoms with Crippen LogP contribution in [0.15, 0.2) is 84.9 Å². The Kier molecular flexibility index (Phi) is 6.04. The third-order valence-electron chi connectivity index (χ3n) is 3.93. The fraction of sp³-hybridized carbons (Fsp3) is 0.182. The van der Waals surface area contributed by atoms with Gasteiger partial charge in [-0.05, 0) is 41.8 Å². The van der Waals surface area contributed by atoms with E-state index in [1.165, 1.54) is 16.7 Å². The summed E-state index contributed by atoms with van der Waals surface area (Å²) in [5.41, 5.74) is 3.83. The van der Waals surface area contributed by atoms with E-state index in [4.69, 9.17) is 4.74 Å². The lowest BCUT2D eigenvalue weighted by atomic mass is 10.1. The van der Waals surface area contributed by atoms with Crippen molar-refractivity contribution >= 4 is 0 Å². The van der Waals surface area contributed by atoms with Crippen LogP contribution in [0.2, 0.25) is 0 Å². The highest BCUT2D eigenvalue weighted by Crippen LogP contribution is 2.14. The summed E-state index contributed by atoms with van der Waals surface area (Å²) >= 11 is 0. The minimum atomic E-state index is 0.610. The molecule has 122 valence electrons. The van der Waals surface area contributed by atoms with Crippen molar-refractivity contribution in [3.05, 3.63) is 102 Å². The second-order valence-electron chi connectivity index (χ2n) is 5.83. The summed E-state index contributed by atoms with van der Waals surface area (Å²) in [6.45, 7) is 2.50. The zero-order chi connectivity index (χ0) is 16.5. The third-order valence-corrected chi connectivity index (χ3v) is 3.93. The Hall–Kier alpha value is -2.58. The van der Waals surface area contributed by atoms with Crippen molar-refractivity contribution < 1.29 is 4.74 Å². The molecule has 24 heavy (non-hydrogen) atoms. The summed E-state index contributed by atoms with van der Waals surface area (Å²) in [7, 11) is 0. The lowest BCUT2D eigenvalue weighted by molar-refractivity contribution is 0.306. The summed E-state index contributed by atoms with van der Waals surface area (Å²) in [6.07, 6.45) is 1.02. The third kappa shape index (κ3) is 5.25. The van der Waals surface area contributed by atoms with E-state index >= 15 is 0 Å². The smallest absolute Gasteiger partial charge is 0.119 e. The minimum Gasteiger partial charge on any atom is -0.489 e. The van der Waals surface area contributed by atoms with E-state index in [9.17, 15) is 0 Å². The SMILES string of the molecule is c1ccc(CNCCc2ccc(OCc3ccccc3)cc2)cc1. The van der Waals surface area contributed by atoms with Crippen LogP contribution in [-0.4, -0.2) is 6.54 Å². The molecular weight excluding hydrogens is 294 g/mol. The molecule has 0 aliphatic rings. The molecule has 0 aliphatic heterocycles. The highest BCUT2D eigenvalue weighted by Gasteiger charge is 1.98. The first-order chi connectivity index (χ1) is 11.9. The second kappa shape index (κ2) is 8.90. The van der Waals surface area contributed by atoms with Crippen LogP contribution in [0.1, 0.15) is 16.7 Å². The fourth-order valence-corrected chi connectivity index (χ4v) is 2.55. The van der Waals surface area contributed by atoms with Crippen LogP contribution in [-0.2, 0) is 19.6 Å². The highest BCUT2D eigenvalue weighted by molar-refractivity contribution is 5.28. The Morgan fingerprint density at radius 1 is 0.625 bits per heavy atom. The lowest BCUT2D eigenvalue weighted by Crippen LogP contribution is -2.16. The van der Waals surface area contributed by atoms with Crippen molar-refractivity contribution in [2.45, 2.75) is 19.6 Å². The van der Waals surface area contributed by atoms with E-state index < -0.39 is 0 Å². The van der Waals surface area contributed by atoms with Crippen LogP contribution >= 0.6 is 0 Å². The van der Waals surface area contributed by atoms with Gasteiger partial charge in [0.25, 0.3) is 0 Å². The zero-order valence-corrected chi connectivity index (χ0v) is 13.8. The summed E-state index contributed by atoms with van der Waals surface area (Å²) < 4.78 is 5.81. The Morgan fingerprint density at radius 3 is 1.92 bits per heavy atom. The summed E-state index contributed by atoms with van der Waals surface area (Å²) in [5.74, 6) is 0.917. The van der Waals surface area contributed by atoms with Crippen LogP contribution in [0, 0.1) is 0 Å². The molecule has 0 atom stereocenters. The molecule has 0 saturated heterocycles. The molecule has 0 aliphatic carbocycles. The lowest BCUT2D eigenvalue weighted by Gasteiger charge is -2.08. The maximum atomic E-state index is 5.81.